The number of sulfonamides is 1. The van der Waals surface area contributed by atoms with Gasteiger partial charge in [0.1, 0.15) is 0 Å². The van der Waals surface area contributed by atoms with Crippen LogP contribution in [0.1, 0.15) is 19.8 Å². The van der Waals surface area contributed by atoms with Gasteiger partial charge in [0.2, 0.25) is 10.0 Å². The number of sulfone groups is 2. The summed E-state index contributed by atoms with van der Waals surface area (Å²) in [5.41, 5.74) is 0. The molecule has 0 N–H and O–H groups in total. The third-order valence-corrected chi connectivity index (χ3v) is 9.78. The second-order valence-corrected chi connectivity index (χ2v) is 13.0. The standard InChI is InChI=1S/C14H20BrNO6S3/c1-3-7-16(11-6-8-24(19,20)10-11)25(21,22)14-9-12(23(2,17)18)4-5-13(14)15/h4-5,9,11H,3,6-8,10H2,1-2H3. The highest BCUT2D eigenvalue weighted by Crippen LogP contribution is 2.31. The lowest BCUT2D eigenvalue weighted by Gasteiger charge is -2.27. The third kappa shape index (κ3) is 4.62. The third-order valence-electron chi connectivity index (χ3n) is 3.98. The Labute approximate surface area is 157 Å². The molecule has 1 fully saturated rings. The SMILES string of the molecule is CCCN(C1CCS(=O)(=O)C1)S(=O)(=O)c1cc(S(C)(=O)=O)ccc1Br. The zero-order chi connectivity index (χ0) is 19.0. The van der Waals surface area contributed by atoms with Crippen molar-refractivity contribution in [1.29, 1.82) is 0 Å². The van der Waals surface area contributed by atoms with Crippen molar-refractivity contribution in [3.8, 4) is 0 Å². The fourth-order valence-corrected chi connectivity index (χ4v) is 8.01. The van der Waals surface area contributed by atoms with Gasteiger partial charge < -0.3 is 0 Å². The van der Waals surface area contributed by atoms with E-state index in [1.54, 1.807) is 6.92 Å². The van der Waals surface area contributed by atoms with E-state index in [0.29, 0.717) is 6.42 Å². The van der Waals surface area contributed by atoms with Crippen molar-refractivity contribution in [2.75, 3.05) is 24.3 Å². The first-order valence-electron chi connectivity index (χ1n) is 7.60. The smallest absolute Gasteiger partial charge is 0.229 e. The van der Waals surface area contributed by atoms with Gasteiger partial charge in [0.25, 0.3) is 0 Å². The second kappa shape index (κ2) is 7.26. The summed E-state index contributed by atoms with van der Waals surface area (Å²) in [6.45, 7) is 1.96. The fourth-order valence-electron chi connectivity index (χ4n) is 2.76. The second-order valence-electron chi connectivity index (χ2n) is 6.04. The van der Waals surface area contributed by atoms with E-state index in [-0.39, 0.29) is 38.7 Å². The maximum absolute atomic E-state index is 13.1. The van der Waals surface area contributed by atoms with Crippen molar-refractivity contribution in [3.05, 3.63) is 22.7 Å². The Morgan fingerprint density at radius 3 is 2.36 bits per heavy atom. The summed E-state index contributed by atoms with van der Waals surface area (Å²) in [4.78, 5) is -0.280. The molecular weight excluding hydrogens is 454 g/mol. The maximum Gasteiger partial charge on any atom is 0.244 e. The lowest BCUT2D eigenvalue weighted by atomic mass is 10.2. The molecule has 142 valence electrons. The first-order valence-corrected chi connectivity index (χ1v) is 13.5. The Morgan fingerprint density at radius 1 is 1.24 bits per heavy atom. The van der Waals surface area contributed by atoms with Crippen LogP contribution in [0.2, 0.25) is 0 Å². The average molecular weight is 474 g/mol. The van der Waals surface area contributed by atoms with Gasteiger partial charge in [-0.05, 0) is 47.0 Å². The predicted octanol–water partition coefficient (Wildman–Crippen LogP) is 1.44. The Hall–Kier alpha value is -0.490. The minimum absolute atomic E-state index is 0.0437. The zero-order valence-corrected chi connectivity index (χ0v) is 17.9. The van der Waals surface area contributed by atoms with Gasteiger partial charge in [0, 0.05) is 23.3 Å². The Kier molecular flexibility index (Phi) is 6.04. The molecule has 0 saturated carbocycles. The van der Waals surface area contributed by atoms with E-state index in [9.17, 15) is 25.3 Å². The van der Waals surface area contributed by atoms with E-state index in [2.05, 4.69) is 15.9 Å². The van der Waals surface area contributed by atoms with Crippen LogP contribution in [0, 0.1) is 0 Å². The van der Waals surface area contributed by atoms with Gasteiger partial charge in [-0.1, -0.05) is 6.92 Å². The molecule has 1 unspecified atom stereocenters. The molecule has 11 heteroatoms. The molecule has 0 spiro atoms. The van der Waals surface area contributed by atoms with E-state index in [1.807, 2.05) is 0 Å². The van der Waals surface area contributed by atoms with Crippen molar-refractivity contribution in [3.63, 3.8) is 0 Å². The van der Waals surface area contributed by atoms with E-state index in [0.717, 1.165) is 12.3 Å². The van der Waals surface area contributed by atoms with Gasteiger partial charge in [0.15, 0.2) is 19.7 Å². The van der Waals surface area contributed by atoms with Gasteiger partial charge in [0.05, 0.1) is 21.3 Å². The lowest BCUT2D eigenvalue weighted by Crippen LogP contribution is -2.41. The van der Waals surface area contributed by atoms with E-state index >= 15 is 0 Å². The van der Waals surface area contributed by atoms with Crippen molar-refractivity contribution in [2.45, 2.75) is 35.6 Å². The summed E-state index contributed by atoms with van der Waals surface area (Å²) in [6, 6.07) is 3.17. The molecule has 0 bridgehead atoms. The highest BCUT2D eigenvalue weighted by atomic mass is 79.9. The summed E-state index contributed by atoms with van der Waals surface area (Å²) >= 11 is 3.16. The topological polar surface area (TPSA) is 106 Å². The van der Waals surface area contributed by atoms with E-state index in [1.165, 1.54) is 16.4 Å². The van der Waals surface area contributed by atoms with Crippen LogP contribution in [0.25, 0.3) is 0 Å². The molecule has 1 aliphatic heterocycles. The summed E-state index contributed by atoms with van der Waals surface area (Å²) < 4.78 is 74.7. The monoisotopic (exact) mass is 473 g/mol. The Balaban J connectivity index is 2.54. The van der Waals surface area contributed by atoms with Crippen molar-refractivity contribution in [1.82, 2.24) is 4.31 Å². The first-order chi connectivity index (χ1) is 11.4. The molecule has 2 rings (SSSR count). The van der Waals surface area contributed by atoms with Crippen LogP contribution < -0.4 is 0 Å². The summed E-state index contributed by atoms with van der Waals surface area (Å²) in [5.74, 6) is -0.256. The molecule has 0 aromatic heterocycles. The summed E-state index contributed by atoms with van der Waals surface area (Å²) in [7, 11) is -10.9. The average Bonchev–Trinajstić information content (AvgIpc) is 2.83. The molecule has 1 aromatic rings. The number of hydrogen-bond donors (Lipinski definition) is 0. The van der Waals surface area contributed by atoms with Crippen LogP contribution in [0.4, 0.5) is 0 Å². The van der Waals surface area contributed by atoms with Crippen molar-refractivity contribution in [2.24, 2.45) is 0 Å². The number of benzene rings is 1. The lowest BCUT2D eigenvalue weighted by molar-refractivity contribution is 0.340. The maximum atomic E-state index is 13.1. The highest BCUT2D eigenvalue weighted by molar-refractivity contribution is 9.10. The molecule has 0 aliphatic carbocycles. The predicted molar refractivity (Wildman–Crippen MR) is 98.5 cm³/mol. The fraction of sp³-hybridized carbons (Fsp3) is 0.571. The first kappa shape index (κ1) is 20.8. The van der Waals surface area contributed by atoms with Crippen LogP contribution in [0.5, 0.6) is 0 Å². The largest absolute Gasteiger partial charge is 0.244 e. The molecule has 0 amide bonds. The van der Waals surface area contributed by atoms with Crippen LogP contribution in [-0.4, -0.2) is 59.9 Å². The highest BCUT2D eigenvalue weighted by Gasteiger charge is 2.39. The van der Waals surface area contributed by atoms with Crippen molar-refractivity contribution < 1.29 is 25.3 Å². The Bertz CT molecular complexity index is 970. The number of rotatable bonds is 6. The Morgan fingerprint density at radius 2 is 1.88 bits per heavy atom. The van der Waals surface area contributed by atoms with E-state index in [4.69, 9.17) is 0 Å². The summed E-state index contributed by atoms with van der Waals surface area (Å²) in [6.07, 6.45) is 1.75. The molecule has 1 aromatic carbocycles. The molecule has 1 atom stereocenters. The van der Waals surface area contributed by atoms with Crippen LogP contribution in [0.15, 0.2) is 32.5 Å². The van der Waals surface area contributed by atoms with Gasteiger partial charge in [-0.2, -0.15) is 4.31 Å². The van der Waals surface area contributed by atoms with Crippen LogP contribution in [0.3, 0.4) is 0 Å². The minimum Gasteiger partial charge on any atom is -0.229 e. The van der Waals surface area contributed by atoms with Crippen LogP contribution in [-0.2, 0) is 29.7 Å². The van der Waals surface area contributed by atoms with E-state index < -0.39 is 35.7 Å². The molecule has 1 heterocycles. The quantitative estimate of drug-likeness (QED) is 0.618. The van der Waals surface area contributed by atoms with Gasteiger partial charge >= 0.3 is 0 Å². The summed E-state index contributed by atoms with van der Waals surface area (Å²) in [5, 5.41) is 0. The van der Waals surface area contributed by atoms with Crippen LogP contribution >= 0.6 is 15.9 Å². The minimum atomic E-state index is -4.05. The number of halogens is 1. The molecule has 1 saturated heterocycles. The molecule has 25 heavy (non-hydrogen) atoms. The van der Waals surface area contributed by atoms with Gasteiger partial charge in [-0.15, -0.1) is 0 Å². The number of nitrogens with zero attached hydrogens (tertiary/aromatic N) is 1. The molecule has 0 radical (unpaired) electrons. The van der Waals surface area contributed by atoms with Crippen molar-refractivity contribution >= 4 is 45.6 Å². The number of hydrogen-bond acceptors (Lipinski definition) is 6. The van der Waals surface area contributed by atoms with Gasteiger partial charge in [-0.3, -0.25) is 0 Å². The normalized spacial score (nSPS) is 20.9. The molecular formula is C14H20BrNO6S3. The van der Waals surface area contributed by atoms with Gasteiger partial charge in [-0.25, -0.2) is 25.3 Å². The molecule has 1 aliphatic rings. The zero-order valence-electron chi connectivity index (χ0n) is 13.8. The molecule has 7 nitrogen and oxygen atoms in total.